The summed E-state index contributed by atoms with van der Waals surface area (Å²) >= 11 is 7.98. The topological polar surface area (TPSA) is 449 Å². The molecule has 0 aliphatic carbocycles. The van der Waals surface area contributed by atoms with Gasteiger partial charge in [-0.05, 0) is 78.2 Å². The second-order valence-electron chi connectivity index (χ2n) is 18.3. The van der Waals surface area contributed by atoms with Crippen LogP contribution < -0.4 is 59.3 Å². The number of aliphatic carboxylic acids is 1. The van der Waals surface area contributed by atoms with E-state index in [-0.39, 0.29) is 56.2 Å². The first-order valence-electron chi connectivity index (χ1n) is 24.0. The van der Waals surface area contributed by atoms with E-state index >= 15 is 0 Å². The van der Waals surface area contributed by atoms with E-state index in [1.165, 1.54) is 6.92 Å². The summed E-state index contributed by atoms with van der Waals surface area (Å²) in [6.07, 6.45) is -4.76. The van der Waals surface area contributed by atoms with Crippen LogP contribution in [0.4, 0.5) is 0 Å². The van der Waals surface area contributed by atoms with Crippen molar-refractivity contribution >= 4 is 96.2 Å². The Morgan fingerprint density at radius 3 is 1.54 bits per heavy atom. The number of likely N-dealkylation sites (tertiary alicyclic amines) is 1. The molecule has 74 heavy (non-hydrogen) atoms. The van der Waals surface area contributed by atoms with E-state index in [0.29, 0.717) is 12.8 Å². The van der Waals surface area contributed by atoms with E-state index < -0.39 is 163 Å². The number of unbranched alkanes of at least 4 members (excludes halogenated alkanes) is 1. The maximum Gasteiger partial charge on any atom is 0.303 e. The zero-order chi connectivity index (χ0) is 56.6. The maximum atomic E-state index is 14.1. The van der Waals surface area contributed by atoms with Gasteiger partial charge in [0.05, 0.1) is 24.9 Å². The molecule has 1 heterocycles. The Kier molecular flexibility index (Phi) is 29.7. The van der Waals surface area contributed by atoms with Crippen molar-refractivity contribution in [2.75, 3.05) is 31.1 Å². The number of rotatable bonds is 33. The van der Waals surface area contributed by atoms with Gasteiger partial charge in [-0.3, -0.25) is 57.5 Å². The predicted octanol–water partition coefficient (Wildman–Crippen LogP) is -6.48. The van der Waals surface area contributed by atoms with Crippen molar-refractivity contribution in [3.05, 3.63) is 0 Å². The predicted molar refractivity (Wildman–Crippen MR) is 270 cm³/mol. The summed E-state index contributed by atoms with van der Waals surface area (Å²) in [5.41, 5.74) is 10.9. The molecule has 28 nitrogen and oxygen atoms in total. The number of carboxylic acids is 1. The van der Waals surface area contributed by atoms with Crippen LogP contribution in [0.25, 0.3) is 0 Å². The Morgan fingerprint density at radius 2 is 1.08 bits per heavy atom. The number of hydrogen-bond acceptors (Lipinski definition) is 18. The Morgan fingerprint density at radius 1 is 0.608 bits per heavy atom. The zero-order valence-electron chi connectivity index (χ0n) is 42.4. The van der Waals surface area contributed by atoms with Crippen LogP contribution in [0.15, 0.2) is 0 Å². The van der Waals surface area contributed by atoms with Crippen molar-refractivity contribution in [2.24, 2.45) is 17.4 Å². The van der Waals surface area contributed by atoms with E-state index in [9.17, 15) is 78.0 Å². The molecule has 17 N–H and O–H groups in total. The molecular weight excluding hydrogens is 1020 g/mol. The molecule has 11 amide bonds. The van der Waals surface area contributed by atoms with Gasteiger partial charge in [-0.1, -0.05) is 13.8 Å². The molecule has 1 rings (SSSR count). The Hall–Kier alpha value is -5.82. The highest BCUT2D eigenvalue weighted by Gasteiger charge is 2.41. The zero-order valence-corrected chi connectivity index (χ0v) is 44.2. The second kappa shape index (κ2) is 33.2. The molecule has 0 radical (unpaired) electrons. The molecule has 0 aromatic rings. The highest BCUT2D eigenvalue weighted by molar-refractivity contribution is 7.80. The number of amides is 11. The number of thiol groups is 2. The lowest BCUT2D eigenvalue weighted by Gasteiger charge is -2.31. The molecule has 1 aliphatic heterocycles. The Bertz CT molecular complexity index is 1980. The van der Waals surface area contributed by atoms with Crippen molar-refractivity contribution < 1.29 is 78.0 Å². The molecule has 420 valence electrons. The van der Waals surface area contributed by atoms with E-state index in [1.54, 1.807) is 13.8 Å². The Labute approximate surface area is 439 Å². The number of nitrogens with zero attached hydrogens (tertiary/aromatic N) is 1. The smallest absolute Gasteiger partial charge is 0.303 e. The minimum absolute atomic E-state index is 0.0259. The quantitative estimate of drug-likeness (QED) is 0.0215. The number of carbonyl (C=O) groups excluding carboxylic acids is 11. The fourth-order valence-corrected chi connectivity index (χ4v) is 7.96. The van der Waals surface area contributed by atoms with Crippen LogP contribution in [0.5, 0.6) is 0 Å². The van der Waals surface area contributed by atoms with Crippen LogP contribution in [0.2, 0.25) is 0 Å². The van der Waals surface area contributed by atoms with Crippen LogP contribution in [0.1, 0.15) is 92.9 Å². The SMILES string of the molecule is CC(=O)N[C@@H](CS)C(=O)N[C@H](C(=O)N[C@H](C(=O)N[C@@H](CCC(=O)O)C(=O)N1CCC[C@@H]1C(=O)NCC(=O)N[C@@H](CCCCN)C(=O)N[C@@H](CC(C)C)C(=O)N[C@H](C(=O)N[C@@H](CS)C(N)=O)[C@@H](C)O)[C@@H](C)O)[C@@H](C)O. The van der Waals surface area contributed by atoms with E-state index in [1.807, 2.05) is 0 Å². The number of nitrogens with one attached hydrogen (secondary N) is 9. The highest BCUT2D eigenvalue weighted by atomic mass is 32.1. The molecule has 30 heteroatoms. The molecule has 0 saturated carbocycles. The minimum atomic E-state index is -1.85. The molecule has 0 bridgehead atoms. The van der Waals surface area contributed by atoms with Gasteiger partial charge in [0.15, 0.2) is 0 Å². The van der Waals surface area contributed by atoms with E-state index in [4.69, 9.17) is 11.5 Å². The number of aliphatic hydroxyl groups is 3. The molecule has 1 fully saturated rings. The largest absolute Gasteiger partial charge is 0.481 e. The van der Waals surface area contributed by atoms with Gasteiger partial charge in [-0.25, -0.2) is 0 Å². The van der Waals surface area contributed by atoms with Crippen molar-refractivity contribution in [1.82, 2.24) is 52.8 Å². The number of nitrogens with two attached hydrogens (primary N) is 2. The third-order valence-corrected chi connectivity index (χ3v) is 12.1. The van der Waals surface area contributed by atoms with Gasteiger partial charge in [-0.2, -0.15) is 25.3 Å². The molecule has 0 aromatic carbocycles. The summed E-state index contributed by atoms with van der Waals surface area (Å²) in [5, 5.41) is 62.0. The first-order chi connectivity index (χ1) is 34.6. The summed E-state index contributed by atoms with van der Waals surface area (Å²) in [4.78, 5) is 157. The van der Waals surface area contributed by atoms with Crippen LogP contribution in [-0.2, 0) is 57.5 Å². The van der Waals surface area contributed by atoms with Gasteiger partial charge in [0.25, 0.3) is 0 Å². The summed E-state index contributed by atoms with van der Waals surface area (Å²) in [5.74, 6) is -12.0. The number of aliphatic hydroxyl groups excluding tert-OH is 3. The van der Waals surface area contributed by atoms with Crippen LogP contribution >= 0.6 is 25.3 Å². The summed E-state index contributed by atoms with van der Waals surface area (Å²) in [6, 6.07) is -13.1. The first kappa shape index (κ1) is 66.2. The summed E-state index contributed by atoms with van der Waals surface area (Å²) < 4.78 is 0. The lowest BCUT2D eigenvalue weighted by molar-refractivity contribution is -0.144. The summed E-state index contributed by atoms with van der Waals surface area (Å²) in [7, 11) is 0. The van der Waals surface area contributed by atoms with Gasteiger partial charge < -0.3 is 84.6 Å². The molecule has 0 unspecified atom stereocenters. The third-order valence-electron chi connectivity index (χ3n) is 11.4. The monoisotopic (exact) mass is 1090 g/mol. The second-order valence-corrected chi connectivity index (χ2v) is 19.0. The molecule has 1 aliphatic rings. The average molecular weight is 1090 g/mol. The first-order valence-corrected chi connectivity index (χ1v) is 25.3. The molecule has 0 aromatic heterocycles. The van der Waals surface area contributed by atoms with Crippen LogP contribution in [0, 0.1) is 5.92 Å². The molecular formula is C44H76N12O16S2. The van der Waals surface area contributed by atoms with Crippen LogP contribution in [-0.4, -0.2) is 200 Å². The lowest BCUT2D eigenvalue weighted by Crippen LogP contribution is -2.63. The number of carbonyl (C=O) groups is 12. The molecule has 12 atom stereocenters. The highest BCUT2D eigenvalue weighted by Crippen LogP contribution is 2.20. The maximum absolute atomic E-state index is 14.1. The Balaban J connectivity index is 3.25. The van der Waals surface area contributed by atoms with Gasteiger partial charge in [0.2, 0.25) is 65.0 Å². The van der Waals surface area contributed by atoms with Crippen LogP contribution in [0.3, 0.4) is 0 Å². The fraction of sp³-hybridized carbons (Fsp3) is 0.727. The van der Waals surface area contributed by atoms with Crippen molar-refractivity contribution in [2.45, 2.75) is 166 Å². The van der Waals surface area contributed by atoms with Gasteiger partial charge in [-0.15, -0.1) is 0 Å². The standard InChI is InChI=1S/C44H76N12O16S2/c1-20(2)16-27(38(66)53-33(21(3)57)42(70)52-28(18-73)36(46)64)51-37(65)25(10-7-8-14-45)49-31(61)17-47-40(68)30-11-9-15-56(30)44(72)26(12-13-32(62)63)50-41(69)34(22(4)58)55-43(71)35(23(5)59)54-39(67)29(19-74)48-24(6)60/h20-23,25-30,33-35,57-59,73-74H,7-19,45H2,1-6H3,(H2,46,64)(H,47,68)(H,48,60)(H,49,61)(H,50,69)(H,51,65)(H,52,70)(H,53,66)(H,54,67)(H,55,71)(H,62,63)/t21-,22-,23-,25+,26+,27+,28+,29+,30-,33+,34+,35+/m1/s1. The minimum Gasteiger partial charge on any atom is -0.481 e. The number of carboxylic acid groups (broad SMARTS) is 1. The molecule has 0 spiro atoms. The van der Waals surface area contributed by atoms with Crippen molar-refractivity contribution in [3.8, 4) is 0 Å². The van der Waals surface area contributed by atoms with E-state index in [2.05, 4.69) is 73.1 Å². The summed E-state index contributed by atoms with van der Waals surface area (Å²) in [6.45, 7) is 7.56. The number of primary amides is 1. The lowest BCUT2D eigenvalue weighted by atomic mass is 10.0. The van der Waals surface area contributed by atoms with E-state index in [0.717, 1.165) is 25.7 Å². The normalized spacial score (nSPS) is 17.7. The third kappa shape index (κ3) is 22.7. The average Bonchev–Trinajstić information content (AvgIpc) is 3.81. The van der Waals surface area contributed by atoms with Gasteiger partial charge in [0.1, 0.15) is 54.4 Å². The van der Waals surface area contributed by atoms with Crippen molar-refractivity contribution in [1.29, 1.82) is 0 Å². The van der Waals surface area contributed by atoms with Gasteiger partial charge >= 0.3 is 5.97 Å². The van der Waals surface area contributed by atoms with Gasteiger partial charge in [0, 0.05) is 31.4 Å². The number of hydrogen-bond donors (Lipinski definition) is 17. The fourth-order valence-electron chi connectivity index (χ4n) is 7.43. The molecule has 1 saturated heterocycles. The van der Waals surface area contributed by atoms with Crippen molar-refractivity contribution in [3.63, 3.8) is 0 Å².